The molecule has 106 valence electrons. The Labute approximate surface area is 125 Å². The second kappa shape index (κ2) is 5.93. The number of benzene rings is 1. The van der Waals surface area contributed by atoms with Crippen LogP contribution in [-0.4, -0.2) is 16.2 Å². The van der Waals surface area contributed by atoms with E-state index in [0.717, 1.165) is 22.3 Å². The van der Waals surface area contributed by atoms with Gasteiger partial charge in [0.1, 0.15) is 5.75 Å². The summed E-state index contributed by atoms with van der Waals surface area (Å²) >= 11 is 3.49. The van der Waals surface area contributed by atoms with Crippen molar-refractivity contribution in [1.82, 2.24) is 15.5 Å². The summed E-state index contributed by atoms with van der Waals surface area (Å²) in [5, 5.41) is 7.24. The van der Waals surface area contributed by atoms with E-state index in [1.165, 1.54) is 12.8 Å². The van der Waals surface area contributed by atoms with E-state index >= 15 is 0 Å². The van der Waals surface area contributed by atoms with Crippen LogP contribution in [0.2, 0.25) is 0 Å². The van der Waals surface area contributed by atoms with E-state index in [1.807, 2.05) is 12.1 Å². The molecule has 0 radical (unpaired) electrons. The summed E-state index contributed by atoms with van der Waals surface area (Å²) in [5.41, 5.74) is 1.13. The highest BCUT2D eigenvalue weighted by Gasteiger charge is 2.20. The number of hydrogen-bond acceptors (Lipinski definition) is 5. The Morgan fingerprint density at radius 1 is 1.45 bits per heavy atom. The molecule has 1 aliphatic carbocycles. The van der Waals surface area contributed by atoms with Gasteiger partial charge in [0.2, 0.25) is 0 Å². The van der Waals surface area contributed by atoms with Crippen LogP contribution in [0.1, 0.15) is 30.1 Å². The van der Waals surface area contributed by atoms with Crippen LogP contribution in [0.5, 0.6) is 5.75 Å². The van der Waals surface area contributed by atoms with Crippen molar-refractivity contribution in [2.75, 3.05) is 0 Å². The van der Waals surface area contributed by atoms with E-state index in [1.54, 1.807) is 6.92 Å². The zero-order valence-electron chi connectivity index (χ0n) is 11.2. The van der Waals surface area contributed by atoms with Crippen LogP contribution in [0.25, 0.3) is 0 Å². The summed E-state index contributed by atoms with van der Waals surface area (Å²) in [6.45, 7) is 2.89. The van der Waals surface area contributed by atoms with Crippen molar-refractivity contribution in [3.05, 3.63) is 40.0 Å². The zero-order valence-corrected chi connectivity index (χ0v) is 12.8. The molecule has 1 aromatic heterocycles. The van der Waals surface area contributed by atoms with Gasteiger partial charge < -0.3 is 14.6 Å². The molecule has 1 heterocycles. The fourth-order valence-electron chi connectivity index (χ4n) is 1.91. The first kappa shape index (κ1) is 13.6. The van der Waals surface area contributed by atoms with Gasteiger partial charge in [-0.15, -0.1) is 0 Å². The van der Waals surface area contributed by atoms with Gasteiger partial charge in [-0.3, -0.25) is 0 Å². The molecular formula is C14H16BrN3O2. The van der Waals surface area contributed by atoms with Gasteiger partial charge in [-0.2, -0.15) is 4.98 Å². The summed E-state index contributed by atoms with van der Waals surface area (Å²) in [5.74, 6) is 1.96. The van der Waals surface area contributed by atoms with Crippen LogP contribution in [0.15, 0.2) is 27.2 Å². The van der Waals surface area contributed by atoms with E-state index in [2.05, 4.69) is 37.5 Å². The van der Waals surface area contributed by atoms with Gasteiger partial charge in [0.25, 0.3) is 5.89 Å². The first-order chi connectivity index (χ1) is 9.70. The van der Waals surface area contributed by atoms with Crippen LogP contribution in [0.4, 0.5) is 0 Å². The minimum absolute atomic E-state index is 0.291. The fraction of sp³-hybridized carbons (Fsp3) is 0.429. The topological polar surface area (TPSA) is 60.2 Å². The SMILES string of the molecule is Cc1noc(COc2ccc(Br)cc2CNC2CC2)n1. The number of ether oxygens (including phenoxy) is 1. The zero-order chi connectivity index (χ0) is 13.9. The van der Waals surface area contributed by atoms with E-state index in [9.17, 15) is 0 Å². The predicted molar refractivity (Wildman–Crippen MR) is 77.4 cm³/mol. The third-order valence-corrected chi connectivity index (χ3v) is 3.60. The lowest BCUT2D eigenvalue weighted by molar-refractivity contribution is 0.240. The summed E-state index contributed by atoms with van der Waals surface area (Å²) in [7, 11) is 0. The molecule has 0 saturated heterocycles. The van der Waals surface area contributed by atoms with Crippen LogP contribution in [-0.2, 0) is 13.2 Å². The van der Waals surface area contributed by atoms with Crippen molar-refractivity contribution in [2.24, 2.45) is 0 Å². The first-order valence-electron chi connectivity index (χ1n) is 6.64. The molecule has 6 heteroatoms. The summed E-state index contributed by atoms with van der Waals surface area (Å²) in [4.78, 5) is 4.13. The Bertz CT molecular complexity index is 596. The number of aryl methyl sites for hydroxylation is 1. The van der Waals surface area contributed by atoms with E-state index < -0.39 is 0 Å². The fourth-order valence-corrected chi connectivity index (χ4v) is 2.32. The second-order valence-corrected chi connectivity index (χ2v) is 5.85. The molecule has 1 N–H and O–H groups in total. The van der Waals surface area contributed by atoms with Gasteiger partial charge in [-0.1, -0.05) is 21.1 Å². The average Bonchev–Trinajstić information content (AvgIpc) is 3.17. The molecule has 20 heavy (non-hydrogen) atoms. The number of halogens is 1. The maximum absolute atomic E-state index is 5.79. The lowest BCUT2D eigenvalue weighted by atomic mass is 10.2. The van der Waals surface area contributed by atoms with E-state index in [4.69, 9.17) is 9.26 Å². The van der Waals surface area contributed by atoms with Gasteiger partial charge >= 0.3 is 0 Å². The third-order valence-electron chi connectivity index (χ3n) is 3.10. The van der Waals surface area contributed by atoms with Crippen molar-refractivity contribution in [2.45, 2.75) is 39.0 Å². The van der Waals surface area contributed by atoms with Crippen molar-refractivity contribution in [3.8, 4) is 5.75 Å². The molecule has 1 aliphatic rings. The molecule has 5 nitrogen and oxygen atoms in total. The Hall–Kier alpha value is -1.40. The van der Waals surface area contributed by atoms with Gasteiger partial charge in [-0.05, 0) is 38.0 Å². The second-order valence-electron chi connectivity index (χ2n) is 4.93. The smallest absolute Gasteiger partial charge is 0.264 e. The summed E-state index contributed by atoms with van der Waals surface area (Å²) in [6.07, 6.45) is 2.54. The Morgan fingerprint density at radius 3 is 3.00 bits per heavy atom. The average molecular weight is 338 g/mol. The summed E-state index contributed by atoms with van der Waals surface area (Å²) < 4.78 is 11.9. The molecule has 1 aromatic carbocycles. The van der Waals surface area contributed by atoms with Crippen molar-refractivity contribution in [3.63, 3.8) is 0 Å². The minimum Gasteiger partial charge on any atom is -0.483 e. The standard InChI is InChI=1S/C14H16BrN3O2/c1-9-17-14(20-18-9)8-19-13-5-2-11(15)6-10(13)7-16-12-3-4-12/h2,5-6,12,16H,3-4,7-8H2,1H3. The van der Waals surface area contributed by atoms with Crippen LogP contribution < -0.4 is 10.1 Å². The highest BCUT2D eigenvalue weighted by molar-refractivity contribution is 9.10. The Balaban J connectivity index is 1.66. The molecule has 0 amide bonds. The molecular weight excluding hydrogens is 322 g/mol. The highest BCUT2D eigenvalue weighted by Crippen LogP contribution is 2.26. The lowest BCUT2D eigenvalue weighted by Gasteiger charge is -2.11. The first-order valence-corrected chi connectivity index (χ1v) is 7.44. The molecule has 0 bridgehead atoms. The van der Waals surface area contributed by atoms with Crippen LogP contribution in [0.3, 0.4) is 0 Å². The van der Waals surface area contributed by atoms with Crippen molar-refractivity contribution >= 4 is 15.9 Å². The van der Waals surface area contributed by atoms with Crippen molar-refractivity contribution in [1.29, 1.82) is 0 Å². The minimum atomic E-state index is 0.291. The molecule has 0 aliphatic heterocycles. The van der Waals surface area contributed by atoms with E-state index in [0.29, 0.717) is 24.4 Å². The normalized spacial score (nSPS) is 14.5. The molecule has 2 aromatic rings. The van der Waals surface area contributed by atoms with Gasteiger partial charge in [0, 0.05) is 22.6 Å². The molecule has 0 spiro atoms. The number of aromatic nitrogens is 2. The monoisotopic (exact) mass is 337 g/mol. The molecule has 1 fully saturated rings. The van der Waals surface area contributed by atoms with E-state index in [-0.39, 0.29) is 0 Å². The van der Waals surface area contributed by atoms with Crippen LogP contribution >= 0.6 is 15.9 Å². The lowest BCUT2D eigenvalue weighted by Crippen LogP contribution is -2.16. The van der Waals surface area contributed by atoms with Gasteiger partial charge in [0.05, 0.1) is 0 Å². The highest BCUT2D eigenvalue weighted by atomic mass is 79.9. The predicted octanol–water partition coefficient (Wildman–Crippen LogP) is 2.97. The molecule has 0 unspecified atom stereocenters. The third kappa shape index (κ3) is 3.58. The number of nitrogens with one attached hydrogen (secondary N) is 1. The van der Waals surface area contributed by atoms with Gasteiger partial charge in [0.15, 0.2) is 12.4 Å². The molecule has 3 rings (SSSR count). The van der Waals surface area contributed by atoms with Gasteiger partial charge in [-0.25, -0.2) is 0 Å². The molecule has 1 saturated carbocycles. The van der Waals surface area contributed by atoms with Crippen LogP contribution in [0, 0.1) is 6.92 Å². The van der Waals surface area contributed by atoms with Crippen molar-refractivity contribution < 1.29 is 9.26 Å². The number of hydrogen-bond donors (Lipinski definition) is 1. The number of rotatable bonds is 6. The maximum Gasteiger partial charge on any atom is 0.264 e. The largest absolute Gasteiger partial charge is 0.483 e. The quantitative estimate of drug-likeness (QED) is 0.877. The molecule has 0 atom stereocenters. The summed E-state index contributed by atoms with van der Waals surface area (Å²) in [6, 6.07) is 6.66. The Kier molecular flexibility index (Phi) is 4.03. The number of nitrogens with zero attached hydrogens (tertiary/aromatic N) is 2. The Morgan fingerprint density at radius 2 is 2.30 bits per heavy atom. The maximum atomic E-state index is 5.79.